The molecule has 0 saturated heterocycles. The molecule has 0 amide bonds. The lowest BCUT2D eigenvalue weighted by Crippen LogP contribution is -2.41. The average Bonchev–Trinajstić information content (AvgIpc) is 2.64. The molecule has 0 aliphatic rings. The third-order valence-corrected chi connectivity index (χ3v) is 3.61. The van der Waals surface area contributed by atoms with Crippen molar-refractivity contribution in [3.63, 3.8) is 0 Å². The maximum atomic E-state index is 11.8. The van der Waals surface area contributed by atoms with Gasteiger partial charge >= 0.3 is 5.97 Å². The lowest BCUT2D eigenvalue weighted by Gasteiger charge is -2.13. The molecule has 0 aliphatic carbocycles. The van der Waals surface area contributed by atoms with Crippen molar-refractivity contribution < 1.29 is 23.4 Å². The number of hydrogen-bond donors (Lipinski definition) is 3. The number of aliphatic hydroxyl groups is 1. The second-order valence-corrected chi connectivity index (χ2v) is 4.98. The molecule has 17 heavy (non-hydrogen) atoms. The van der Waals surface area contributed by atoms with Crippen molar-refractivity contribution in [1.82, 2.24) is 14.5 Å². The molecule has 1 aromatic rings. The van der Waals surface area contributed by atoms with Gasteiger partial charge in [0.05, 0.1) is 6.20 Å². The van der Waals surface area contributed by atoms with Crippen LogP contribution < -0.4 is 4.72 Å². The number of rotatable bonds is 6. The molecule has 9 heteroatoms. The van der Waals surface area contributed by atoms with Crippen LogP contribution in [0.1, 0.15) is 6.42 Å². The summed E-state index contributed by atoms with van der Waals surface area (Å²) in [7, 11) is -2.53. The zero-order chi connectivity index (χ0) is 13.1. The van der Waals surface area contributed by atoms with Crippen molar-refractivity contribution in [3.8, 4) is 0 Å². The second-order valence-electron chi connectivity index (χ2n) is 3.32. The Bertz CT molecular complexity index is 495. The summed E-state index contributed by atoms with van der Waals surface area (Å²) in [6.45, 7) is -0.426. The van der Waals surface area contributed by atoms with Gasteiger partial charge in [-0.05, 0) is 12.5 Å². The molecular formula is C8H13N3O5S. The lowest BCUT2D eigenvalue weighted by atomic mass is 10.2. The van der Waals surface area contributed by atoms with Gasteiger partial charge in [0.2, 0.25) is 0 Å². The first-order chi connectivity index (χ1) is 7.88. The molecule has 0 aromatic carbocycles. The zero-order valence-electron chi connectivity index (χ0n) is 9.07. The Morgan fingerprint density at radius 1 is 1.65 bits per heavy atom. The van der Waals surface area contributed by atoms with E-state index in [2.05, 4.69) is 5.10 Å². The Morgan fingerprint density at radius 3 is 2.71 bits per heavy atom. The number of carboxylic acids is 1. The summed E-state index contributed by atoms with van der Waals surface area (Å²) >= 11 is 0. The number of sulfonamides is 1. The van der Waals surface area contributed by atoms with Crippen LogP contribution in [0.25, 0.3) is 0 Å². The highest BCUT2D eigenvalue weighted by atomic mass is 32.2. The van der Waals surface area contributed by atoms with Gasteiger partial charge in [0.15, 0.2) is 5.03 Å². The first-order valence-electron chi connectivity index (χ1n) is 4.72. The predicted octanol–water partition coefficient (Wildman–Crippen LogP) is -1.47. The van der Waals surface area contributed by atoms with Gasteiger partial charge in [0.25, 0.3) is 10.0 Å². The number of aromatic nitrogens is 2. The number of carboxylic acid groups (broad SMARTS) is 1. The highest BCUT2D eigenvalue weighted by Gasteiger charge is 2.26. The lowest BCUT2D eigenvalue weighted by molar-refractivity contribution is -0.139. The minimum atomic E-state index is -3.96. The fraction of sp³-hybridized carbons (Fsp3) is 0.500. The number of carbonyl (C=O) groups is 1. The third kappa shape index (κ3) is 3.25. The van der Waals surface area contributed by atoms with Crippen LogP contribution in [0.15, 0.2) is 17.3 Å². The predicted molar refractivity (Wildman–Crippen MR) is 56.7 cm³/mol. The van der Waals surface area contributed by atoms with Gasteiger partial charge in [-0.1, -0.05) is 0 Å². The Hall–Kier alpha value is -1.45. The summed E-state index contributed by atoms with van der Waals surface area (Å²) in [5.74, 6) is -1.34. The van der Waals surface area contributed by atoms with Gasteiger partial charge in [-0.15, -0.1) is 0 Å². The Labute approximate surface area is 97.9 Å². The molecule has 0 fully saturated rings. The van der Waals surface area contributed by atoms with E-state index >= 15 is 0 Å². The Kier molecular flexibility index (Phi) is 4.21. The molecule has 8 nitrogen and oxygen atoms in total. The number of aryl methyl sites for hydroxylation is 1. The Morgan fingerprint density at radius 2 is 2.29 bits per heavy atom. The van der Waals surface area contributed by atoms with Gasteiger partial charge in [-0.3, -0.25) is 9.48 Å². The SMILES string of the molecule is Cn1nccc1S(=O)(=O)N[C@H](CCO)C(=O)O. The van der Waals surface area contributed by atoms with Crippen molar-refractivity contribution >= 4 is 16.0 Å². The van der Waals surface area contributed by atoms with Crippen LogP contribution in [-0.4, -0.2) is 47.0 Å². The monoisotopic (exact) mass is 263 g/mol. The van der Waals surface area contributed by atoms with Crippen LogP contribution in [0.3, 0.4) is 0 Å². The number of aliphatic hydroxyl groups excluding tert-OH is 1. The van der Waals surface area contributed by atoms with Gasteiger partial charge in [-0.2, -0.15) is 9.82 Å². The molecule has 1 atom stereocenters. The van der Waals surface area contributed by atoms with Crippen LogP contribution in [-0.2, 0) is 21.9 Å². The minimum Gasteiger partial charge on any atom is -0.480 e. The van der Waals surface area contributed by atoms with E-state index in [9.17, 15) is 13.2 Å². The van der Waals surface area contributed by atoms with E-state index in [1.165, 1.54) is 19.3 Å². The maximum Gasteiger partial charge on any atom is 0.321 e. The van der Waals surface area contributed by atoms with Crippen LogP contribution in [0.2, 0.25) is 0 Å². The average molecular weight is 263 g/mol. The summed E-state index contributed by atoms with van der Waals surface area (Å²) < 4.78 is 26.7. The van der Waals surface area contributed by atoms with E-state index in [4.69, 9.17) is 10.2 Å². The summed E-state index contributed by atoms with van der Waals surface area (Å²) in [5, 5.41) is 21.0. The number of nitrogens with zero attached hydrogens (tertiary/aromatic N) is 2. The standard InChI is InChI=1S/C8H13N3O5S/c1-11-7(2-4-9-11)17(15,16)10-6(3-5-12)8(13)14/h2,4,6,10,12H,3,5H2,1H3,(H,13,14)/t6-/m1/s1. The zero-order valence-corrected chi connectivity index (χ0v) is 9.88. The van der Waals surface area contributed by atoms with Gasteiger partial charge in [0, 0.05) is 13.7 Å². The smallest absolute Gasteiger partial charge is 0.321 e. The van der Waals surface area contributed by atoms with E-state index in [1.807, 2.05) is 4.72 Å². The van der Waals surface area contributed by atoms with Crippen LogP contribution in [0.5, 0.6) is 0 Å². The summed E-state index contributed by atoms with van der Waals surface area (Å²) in [6, 6.07) is -0.111. The van der Waals surface area contributed by atoms with Gasteiger partial charge in [0.1, 0.15) is 6.04 Å². The number of aliphatic carboxylic acids is 1. The molecule has 1 heterocycles. The quantitative estimate of drug-likeness (QED) is 0.576. The fourth-order valence-electron chi connectivity index (χ4n) is 1.23. The number of hydrogen-bond acceptors (Lipinski definition) is 5. The van der Waals surface area contributed by atoms with Crippen molar-refractivity contribution in [3.05, 3.63) is 12.3 Å². The molecule has 0 bridgehead atoms. The molecule has 0 aliphatic heterocycles. The molecule has 0 unspecified atom stereocenters. The molecule has 3 N–H and O–H groups in total. The largest absolute Gasteiger partial charge is 0.480 e. The molecule has 0 radical (unpaired) electrons. The summed E-state index contributed by atoms with van der Waals surface area (Å²) in [6.07, 6.45) is 1.09. The highest BCUT2D eigenvalue weighted by molar-refractivity contribution is 7.89. The third-order valence-electron chi connectivity index (χ3n) is 2.06. The first-order valence-corrected chi connectivity index (χ1v) is 6.21. The van der Waals surface area contributed by atoms with Crippen molar-refractivity contribution in [2.24, 2.45) is 7.05 Å². The molecule has 0 saturated carbocycles. The van der Waals surface area contributed by atoms with E-state index < -0.39 is 28.6 Å². The van der Waals surface area contributed by atoms with E-state index in [-0.39, 0.29) is 11.4 Å². The maximum absolute atomic E-state index is 11.8. The first kappa shape index (κ1) is 13.6. The summed E-state index contributed by atoms with van der Waals surface area (Å²) in [4.78, 5) is 10.8. The van der Waals surface area contributed by atoms with Crippen molar-refractivity contribution in [1.29, 1.82) is 0 Å². The van der Waals surface area contributed by atoms with E-state index in [0.717, 1.165) is 4.68 Å². The van der Waals surface area contributed by atoms with Gasteiger partial charge < -0.3 is 10.2 Å². The normalized spacial score (nSPS) is 13.5. The summed E-state index contributed by atoms with van der Waals surface area (Å²) in [5.41, 5.74) is 0. The van der Waals surface area contributed by atoms with Crippen molar-refractivity contribution in [2.75, 3.05) is 6.61 Å². The van der Waals surface area contributed by atoms with Gasteiger partial charge in [-0.25, -0.2) is 8.42 Å². The molecule has 1 aromatic heterocycles. The molecule has 96 valence electrons. The molecular weight excluding hydrogens is 250 g/mol. The minimum absolute atomic E-state index is 0.137. The van der Waals surface area contributed by atoms with Crippen molar-refractivity contribution in [2.45, 2.75) is 17.5 Å². The van der Waals surface area contributed by atoms with Crippen LogP contribution >= 0.6 is 0 Å². The highest BCUT2D eigenvalue weighted by Crippen LogP contribution is 2.07. The fourth-order valence-corrected chi connectivity index (χ4v) is 2.58. The number of nitrogens with one attached hydrogen (secondary N) is 1. The van der Waals surface area contributed by atoms with E-state index in [0.29, 0.717) is 0 Å². The Balaban J connectivity index is 2.93. The second kappa shape index (κ2) is 5.25. The van der Waals surface area contributed by atoms with Crippen LogP contribution in [0.4, 0.5) is 0 Å². The topological polar surface area (TPSA) is 122 Å². The molecule has 1 rings (SSSR count). The van der Waals surface area contributed by atoms with Crippen LogP contribution in [0, 0.1) is 0 Å². The molecule has 0 spiro atoms. The van der Waals surface area contributed by atoms with E-state index in [1.54, 1.807) is 0 Å².